The Bertz CT molecular complexity index is 124. The van der Waals surface area contributed by atoms with Crippen molar-refractivity contribution in [2.45, 2.75) is 37.6 Å². The maximum Gasteiger partial charge on any atom is 0.269 e. The van der Waals surface area contributed by atoms with E-state index in [2.05, 4.69) is 0 Å². The van der Waals surface area contributed by atoms with E-state index in [1.165, 1.54) is 0 Å². The zero-order valence-corrected chi connectivity index (χ0v) is 5.43. The summed E-state index contributed by atoms with van der Waals surface area (Å²) >= 11 is 0. The van der Waals surface area contributed by atoms with Crippen molar-refractivity contribution in [3.63, 3.8) is 0 Å². The van der Waals surface area contributed by atoms with Crippen LogP contribution in [0.4, 0.5) is 0 Å². The first-order chi connectivity index (χ1) is 4.77. The molecule has 2 fully saturated rings. The van der Waals surface area contributed by atoms with Gasteiger partial charge in [-0.25, -0.2) is 0 Å². The minimum atomic E-state index is -1.12. The summed E-state index contributed by atoms with van der Waals surface area (Å²) in [5.41, 5.74) is 0. The molecule has 2 unspecified atom stereocenters. The molecule has 4 nitrogen and oxygen atoms in total. The van der Waals surface area contributed by atoms with Gasteiger partial charge in [0.05, 0.1) is 12.2 Å². The molecule has 2 atom stereocenters. The minimum Gasteiger partial charge on any atom is -0.388 e. The highest BCUT2D eigenvalue weighted by atomic mass is 16.8. The van der Waals surface area contributed by atoms with Gasteiger partial charge >= 0.3 is 0 Å². The number of fused-ring (bicyclic) bond motifs is 2. The van der Waals surface area contributed by atoms with Gasteiger partial charge in [0.25, 0.3) is 6.48 Å². The Hall–Kier alpha value is -0.160. The van der Waals surface area contributed by atoms with Gasteiger partial charge in [-0.05, 0) is 12.8 Å². The quantitative estimate of drug-likeness (QED) is 0.469. The van der Waals surface area contributed by atoms with Crippen LogP contribution in [0.1, 0.15) is 12.8 Å². The number of hydrogen-bond acceptors (Lipinski definition) is 4. The number of ether oxygens (including phenoxy) is 2. The van der Waals surface area contributed by atoms with Gasteiger partial charge in [-0.2, -0.15) is 0 Å². The predicted molar refractivity (Wildman–Crippen MR) is 31.0 cm³/mol. The smallest absolute Gasteiger partial charge is 0.269 e. The second-order valence-electron chi connectivity index (χ2n) is 2.72. The van der Waals surface area contributed by atoms with Crippen LogP contribution >= 0.6 is 0 Å². The van der Waals surface area contributed by atoms with Crippen molar-refractivity contribution >= 4 is 0 Å². The summed E-state index contributed by atoms with van der Waals surface area (Å²) in [6.07, 6.45) is 0.595. The average Bonchev–Trinajstić information content (AvgIpc) is 2.20. The van der Waals surface area contributed by atoms with Crippen molar-refractivity contribution in [2.24, 2.45) is 0 Å². The van der Waals surface area contributed by atoms with Gasteiger partial charge in [0, 0.05) is 0 Å². The van der Waals surface area contributed by atoms with Crippen LogP contribution in [0.2, 0.25) is 0 Å². The molecule has 0 aromatic carbocycles. The molecular formula is C6H10O4. The monoisotopic (exact) mass is 146 g/mol. The Morgan fingerprint density at radius 1 is 1.00 bits per heavy atom. The number of hydrogen-bond donors (Lipinski definition) is 2. The number of aliphatic hydroxyl groups is 2. The average molecular weight is 146 g/mol. The van der Waals surface area contributed by atoms with Crippen LogP contribution in [0.25, 0.3) is 0 Å². The number of rotatable bonds is 0. The van der Waals surface area contributed by atoms with Gasteiger partial charge in [0.1, 0.15) is 6.10 Å². The molecule has 2 N–H and O–H groups in total. The van der Waals surface area contributed by atoms with E-state index in [-0.39, 0.29) is 12.2 Å². The van der Waals surface area contributed by atoms with E-state index < -0.39 is 12.6 Å². The van der Waals surface area contributed by atoms with E-state index in [9.17, 15) is 5.11 Å². The molecule has 0 aromatic heterocycles. The summed E-state index contributed by atoms with van der Waals surface area (Å²) in [6.45, 7) is -1.12. The molecule has 2 aliphatic rings. The molecule has 1 heterocycles. The molecule has 1 saturated heterocycles. The van der Waals surface area contributed by atoms with E-state index in [4.69, 9.17) is 14.6 Å². The number of aliphatic hydroxyl groups excluding tert-OH is 2. The van der Waals surface area contributed by atoms with Crippen molar-refractivity contribution in [3.05, 3.63) is 0 Å². The summed E-state index contributed by atoms with van der Waals surface area (Å²) in [5.74, 6) is 0. The van der Waals surface area contributed by atoms with Crippen LogP contribution in [0.3, 0.4) is 0 Å². The second kappa shape index (κ2) is 2.17. The Labute approximate surface area is 58.4 Å². The highest BCUT2D eigenvalue weighted by molar-refractivity contribution is 4.88. The van der Waals surface area contributed by atoms with Crippen LogP contribution in [-0.2, 0) is 9.47 Å². The zero-order valence-electron chi connectivity index (χ0n) is 5.43. The first-order valence-electron chi connectivity index (χ1n) is 3.44. The lowest BCUT2D eigenvalue weighted by Crippen LogP contribution is -2.43. The van der Waals surface area contributed by atoms with Crippen molar-refractivity contribution in [3.8, 4) is 0 Å². The lowest BCUT2D eigenvalue weighted by atomic mass is 10.2. The fraction of sp³-hybridized carbons (Fsp3) is 1.00. The van der Waals surface area contributed by atoms with Crippen LogP contribution in [0, 0.1) is 0 Å². The van der Waals surface area contributed by atoms with E-state index in [1.54, 1.807) is 0 Å². The van der Waals surface area contributed by atoms with E-state index in [1.807, 2.05) is 0 Å². The zero-order chi connectivity index (χ0) is 7.14. The van der Waals surface area contributed by atoms with Gasteiger partial charge in [-0.15, -0.1) is 0 Å². The summed E-state index contributed by atoms with van der Waals surface area (Å²) < 4.78 is 9.75. The third-order valence-corrected chi connectivity index (χ3v) is 2.08. The molecular weight excluding hydrogens is 136 g/mol. The normalized spacial score (nSPS) is 53.4. The summed E-state index contributed by atoms with van der Waals surface area (Å²) in [6, 6.07) is 0. The lowest BCUT2D eigenvalue weighted by molar-refractivity contribution is -0.340. The Balaban J connectivity index is 2.09. The lowest BCUT2D eigenvalue weighted by Gasteiger charge is -2.29. The van der Waals surface area contributed by atoms with Gasteiger partial charge in [-0.3, -0.25) is 0 Å². The topological polar surface area (TPSA) is 58.9 Å². The van der Waals surface area contributed by atoms with Gasteiger partial charge in [0.2, 0.25) is 0 Å². The first kappa shape index (κ1) is 6.54. The molecule has 2 rings (SSSR count). The van der Waals surface area contributed by atoms with E-state index >= 15 is 0 Å². The largest absolute Gasteiger partial charge is 0.388 e. The molecule has 0 spiro atoms. The fourth-order valence-corrected chi connectivity index (χ4v) is 1.54. The summed E-state index contributed by atoms with van der Waals surface area (Å²) in [4.78, 5) is 0. The molecule has 1 aliphatic heterocycles. The first-order valence-corrected chi connectivity index (χ1v) is 3.44. The van der Waals surface area contributed by atoms with Crippen molar-refractivity contribution in [1.82, 2.24) is 0 Å². The molecule has 2 bridgehead atoms. The maximum atomic E-state index is 9.27. The predicted octanol–water partition coefficient (Wildman–Crippen LogP) is -0.799. The SMILES string of the molecule is OC1OC2CCC(O1)C2O. The molecule has 0 aromatic rings. The van der Waals surface area contributed by atoms with E-state index in [0.29, 0.717) is 0 Å². The van der Waals surface area contributed by atoms with Crippen LogP contribution < -0.4 is 0 Å². The molecule has 10 heavy (non-hydrogen) atoms. The standard InChI is InChI=1S/C6H10O4/c7-5-3-1-2-4(5)10-6(8)9-3/h3-8H,1-2H2. The van der Waals surface area contributed by atoms with Crippen molar-refractivity contribution in [2.75, 3.05) is 0 Å². The second-order valence-corrected chi connectivity index (χ2v) is 2.72. The highest BCUT2D eigenvalue weighted by Gasteiger charge is 2.43. The molecule has 0 amide bonds. The van der Waals surface area contributed by atoms with Gasteiger partial charge < -0.3 is 19.7 Å². The Morgan fingerprint density at radius 3 is 2.00 bits per heavy atom. The molecule has 1 saturated carbocycles. The Morgan fingerprint density at radius 2 is 1.50 bits per heavy atom. The summed E-state index contributed by atoms with van der Waals surface area (Å²) in [7, 11) is 0. The minimum absolute atomic E-state index is 0.214. The third kappa shape index (κ3) is 0.845. The molecule has 4 heteroatoms. The summed E-state index contributed by atoms with van der Waals surface area (Å²) in [5, 5.41) is 18.1. The maximum absolute atomic E-state index is 9.27. The Kier molecular flexibility index (Phi) is 1.42. The van der Waals surface area contributed by atoms with Crippen LogP contribution in [0.5, 0.6) is 0 Å². The highest BCUT2D eigenvalue weighted by Crippen LogP contribution is 2.31. The molecule has 1 aliphatic carbocycles. The van der Waals surface area contributed by atoms with Gasteiger partial charge in [-0.1, -0.05) is 0 Å². The molecule has 0 radical (unpaired) electrons. The van der Waals surface area contributed by atoms with Crippen molar-refractivity contribution in [1.29, 1.82) is 0 Å². The third-order valence-electron chi connectivity index (χ3n) is 2.08. The fourth-order valence-electron chi connectivity index (χ4n) is 1.54. The van der Waals surface area contributed by atoms with Crippen LogP contribution in [0.15, 0.2) is 0 Å². The van der Waals surface area contributed by atoms with E-state index in [0.717, 1.165) is 12.8 Å². The molecule has 58 valence electrons. The van der Waals surface area contributed by atoms with Gasteiger partial charge in [0.15, 0.2) is 0 Å². The van der Waals surface area contributed by atoms with Crippen LogP contribution in [-0.4, -0.2) is 35.0 Å². The van der Waals surface area contributed by atoms with Crippen molar-refractivity contribution < 1.29 is 19.7 Å².